The van der Waals surface area contributed by atoms with E-state index in [0.717, 1.165) is 50.2 Å². The van der Waals surface area contributed by atoms with Crippen molar-refractivity contribution >= 4 is 21.8 Å². The first-order valence-electron chi connectivity index (χ1n) is 11.2. The third-order valence-corrected chi connectivity index (χ3v) is 6.14. The van der Waals surface area contributed by atoms with Crippen LogP contribution in [0, 0.1) is 0 Å². The van der Waals surface area contributed by atoms with Crippen molar-refractivity contribution < 1.29 is 9.47 Å². The second-order valence-corrected chi connectivity index (χ2v) is 8.79. The van der Waals surface area contributed by atoms with Crippen LogP contribution >= 0.6 is 0 Å². The van der Waals surface area contributed by atoms with Gasteiger partial charge >= 0.3 is 0 Å². The summed E-state index contributed by atoms with van der Waals surface area (Å²) in [6, 6.07) is 11.7. The Balaban J connectivity index is 1.70. The summed E-state index contributed by atoms with van der Waals surface area (Å²) >= 11 is 0. The van der Waals surface area contributed by atoms with Gasteiger partial charge in [0.25, 0.3) is 5.56 Å². The Morgan fingerprint density at radius 3 is 2.40 bits per heavy atom. The Morgan fingerprint density at radius 2 is 1.74 bits per heavy atom. The molecule has 3 heterocycles. The van der Waals surface area contributed by atoms with E-state index in [4.69, 9.17) is 9.47 Å². The Labute approximate surface area is 202 Å². The second kappa shape index (κ2) is 8.88. The lowest BCUT2D eigenvalue weighted by molar-refractivity contribution is 0.349. The number of aromatic nitrogens is 4. The molecule has 2 aromatic carbocycles. The van der Waals surface area contributed by atoms with Crippen LogP contribution in [-0.2, 0) is 13.6 Å². The molecule has 5 aromatic rings. The first kappa shape index (κ1) is 22.6. The van der Waals surface area contributed by atoms with Crippen LogP contribution in [0.1, 0.15) is 5.56 Å². The molecule has 8 nitrogen and oxygen atoms in total. The number of aromatic amines is 1. The summed E-state index contributed by atoms with van der Waals surface area (Å²) in [7, 11) is 9.09. The van der Waals surface area contributed by atoms with Crippen LogP contribution < -0.4 is 15.0 Å². The number of ether oxygens (including phenoxy) is 2. The average molecular weight is 470 g/mol. The fraction of sp³-hybridized carbons (Fsp3) is 0.222. The minimum atomic E-state index is -0.0773. The number of nitrogens with zero attached hydrogens (tertiary/aromatic N) is 4. The fourth-order valence-corrected chi connectivity index (χ4v) is 4.45. The van der Waals surface area contributed by atoms with Gasteiger partial charge in [-0.25, -0.2) is 4.98 Å². The number of fused-ring (bicyclic) bond motifs is 2. The molecular weight excluding hydrogens is 442 g/mol. The highest BCUT2D eigenvalue weighted by Gasteiger charge is 2.18. The van der Waals surface area contributed by atoms with Crippen LogP contribution in [-0.4, -0.2) is 52.7 Å². The standard InChI is InChI=1S/C27H27N5O3/c1-31(2)14-21-24(34-4)11-17(12-25(21)35-5)20-15-32(3)27(33)19-10-16(6-7-18(19)20)26-29-22-8-9-28-13-23(22)30-26/h6-13,15H,14H2,1-5H3,(H,29,30). The lowest BCUT2D eigenvalue weighted by Gasteiger charge is -2.19. The van der Waals surface area contributed by atoms with Crippen molar-refractivity contribution in [2.24, 2.45) is 7.05 Å². The van der Waals surface area contributed by atoms with Crippen LogP contribution in [0.15, 0.2) is 59.8 Å². The van der Waals surface area contributed by atoms with E-state index in [9.17, 15) is 4.79 Å². The number of pyridine rings is 2. The maximum absolute atomic E-state index is 13.2. The van der Waals surface area contributed by atoms with E-state index in [0.29, 0.717) is 17.8 Å². The van der Waals surface area contributed by atoms with Gasteiger partial charge in [0.2, 0.25) is 0 Å². The predicted octanol–water partition coefficient (Wildman–Crippen LogP) is 4.22. The highest BCUT2D eigenvalue weighted by Crippen LogP contribution is 2.38. The zero-order chi connectivity index (χ0) is 24.7. The molecule has 0 saturated carbocycles. The largest absolute Gasteiger partial charge is 0.496 e. The number of methoxy groups -OCH3 is 2. The Hall–Kier alpha value is -4.17. The molecule has 0 fully saturated rings. The number of benzene rings is 2. The smallest absolute Gasteiger partial charge is 0.258 e. The van der Waals surface area contributed by atoms with Crippen LogP contribution in [0.25, 0.3) is 44.3 Å². The summed E-state index contributed by atoms with van der Waals surface area (Å²) in [5.41, 5.74) is 5.22. The van der Waals surface area contributed by atoms with Crippen LogP contribution in [0.4, 0.5) is 0 Å². The molecule has 1 N–H and O–H groups in total. The average Bonchev–Trinajstić information content (AvgIpc) is 3.30. The number of imidazole rings is 1. The maximum atomic E-state index is 13.2. The maximum Gasteiger partial charge on any atom is 0.258 e. The molecule has 0 bridgehead atoms. The van der Waals surface area contributed by atoms with Gasteiger partial charge in [0.05, 0.1) is 31.5 Å². The Morgan fingerprint density at radius 1 is 1.00 bits per heavy atom. The van der Waals surface area contributed by atoms with Crippen molar-refractivity contribution in [3.05, 3.63) is 70.9 Å². The highest BCUT2D eigenvalue weighted by atomic mass is 16.5. The fourth-order valence-electron chi connectivity index (χ4n) is 4.45. The molecule has 0 atom stereocenters. The second-order valence-electron chi connectivity index (χ2n) is 8.79. The minimum absolute atomic E-state index is 0.0773. The van der Waals surface area contributed by atoms with E-state index in [2.05, 4.69) is 19.9 Å². The van der Waals surface area contributed by atoms with E-state index < -0.39 is 0 Å². The van der Waals surface area contributed by atoms with Crippen molar-refractivity contribution in [3.8, 4) is 34.0 Å². The van der Waals surface area contributed by atoms with Gasteiger partial charge in [0, 0.05) is 42.5 Å². The topological polar surface area (TPSA) is 85.3 Å². The van der Waals surface area contributed by atoms with Gasteiger partial charge in [-0.3, -0.25) is 9.78 Å². The quantitative estimate of drug-likeness (QED) is 0.401. The molecule has 35 heavy (non-hydrogen) atoms. The summed E-state index contributed by atoms with van der Waals surface area (Å²) < 4.78 is 13.1. The summed E-state index contributed by atoms with van der Waals surface area (Å²) in [4.78, 5) is 27.3. The normalized spacial score (nSPS) is 11.5. The summed E-state index contributed by atoms with van der Waals surface area (Å²) in [5.74, 6) is 2.17. The molecule has 178 valence electrons. The first-order valence-corrected chi connectivity index (χ1v) is 11.2. The van der Waals surface area contributed by atoms with Gasteiger partial charge in [-0.05, 0) is 49.3 Å². The molecular formula is C27H27N5O3. The van der Waals surface area contributed by atoms with Crippen LogP contribution in [0.5, 0.6) is 11.5 Å². The van der Waals surface area contributed by atoms with Gasteiger partial charge in [-0.2, -0.15) is 0 Å². The minimum Gasteiger partial charge on any atom is -0.496 e. The molecule has 3 aromatic heterocycles. The molecule has 5 rings (SSSR count). The van der Waals surface area contributed by atoms with Gasteiger partial charge < -0.3 is 23.9 Å². The Kier molecular flexibility index (Phi) is 5.74. The zero-order valence-corrected chi connectivity index (χ0v) is 20.4. The number of nitrogens with one attached hydrogen (secondary N) is 1. The van der Waals surface area contributed by atoms with Gasteiger partial charge in [-0.15, -0.1) is 0 Å². The Bertz CT molecular complexity index is 1560. The van der Waals surface area contributed by atoms with Gasteiger partial charge in [0.15, 0.2) is 0 Å². The molecule has 0 radical (unpaired) electrons. The van der Waals surface area contributed by atoms with Crippen LogP contribution in [0.3, 0.4) is 0 Å². The van der Waals surface area contributed by atoms with Crippen LogP contribution in [0.2, 0.25) is 0 Å². The lowest BCUT2D eigenvalue weighted by Crippen LogP contribution is -2.17. The highest BCUT2D eigenvalue weighted by molar-refractivity contribution is 5.98. The van der Waals surface area contributed by atoms with Crippen molar-refractivity contribution in [1.82, 2.24) is 24.4 Å². The van der Waals surface area contributed by atoms with Crippen molar-refractivity contribution in [2.75, 3.05) is 28.3 Å². The molecule has 0 spiro atoms. The lowest BCUT2D eigenvalue weighted by atomic mass is 9.97. The van der Waals surface area contributed by atoms with Crippen molar-refractivity contribution in [2.45, 2.75) is 6.54 Å². The monoisotopic (exact) mass is 469 g/mol. The number of hydrogen-bond acceptors (Lipinski definition) is 6. The first-order chi connectivity index (χ1) is 16.9. The summed E-state index contributed by atoms with van der Waals surface area (Å²) in [6.07, 6.45) is 5.30. The molecule has 0 saturated heterocycles. The van der Waals surface area contributed by atoms with E-state index in [1.807, 2.05) is 56.7 Å². The van der Waals surface area contributed by atoms with E-state index in [1.165, 1.54) is 0 Å². The number of H-pyrrole nitrogens is 1. The van der Waals surface area contributed by atoms with E-state index in [1.54, 1.807) is 38.2 Å². The predicted molar refractivity (Wildman–Crippen MR) is 138 cm³/mol. The molecule has 0 amide bonds. The summed E-state index contributed by atoms with van der Waals surface area (Å²) in [5, 5.41) is 1.45. The number of hydrogen-bond donors (Lipinski definition) is 1. The van der Waals surface area contributed by atoms with E-state index >= 15 is 0 Å². The zero-order valence-electron chi connectivity index (χ0n) is 20.4. The summed E-state index contributed by atoms with van der Waals surface area (Å²) in [6.45, 7) is 0.678. The number of rotatable bonds is 6. The molecule has 8 heteroatoms. The third kappa shape index (κ3) is 4.02. The molecule has 0 aliphatic carbocycles. The van der Waals surface area contributed by atoms with Gasteiger partial charge in [-0.1, -0.05) is 12.1 Å². The number of aryl methyl sites for hydroxylation is 1. The molecule has 0 unspecified atom stereocenters. The van der Waals surface area contributed by atoms with Crippen molar-refractivity contribution in [1.29, 1.82) is 0 Å². The molecule has 0 aliphatic rings. The SMILES string of the molecule is COc1cc(-c2cn(C)c(=O)c3cc(-c4nc5cnccc5[nH]4)ccc23)cc(OC)c1CN(C)C. The van der Waals surface area contributed by atoms with Gasteiger partial charge in [0.1, 0.15) is 22.8 Å². The van der Waals surface area contributed by atoms with E-state index in [-0.39, 0.29) is 5.56 Å². The third-order valence-electron chi connectivity index (χ3n) is 6.14. The molecule has 0 aliphatic heterocycles. The van der Waals surface area contributed by atoms with Crippen molar-refractivity contribution in [3.63, 3.8) is 0 Å².